The summed E-state index contributed by atoms with van der Waals surface area (Å²) in [6.07, 6.45) is 1.54. The second-order valence-corrected chi connectivity index (χ2v) is 1.94. The van der Waals surface area contributed by atoms with Gasteiger partial charge in [0.25, 0.3) is 0 Å². The first-order valence-electron chi connectivity index (χ1n) is 3.45. The van der Waals surface area contributed by atoms with E-state index < -0.39 is 23.9 Å². The van der Waals surface area contributed by atoms with E-state index in [1.807, 2.05) is 0 Å². The van der Waals surface area contributed by atoms with E-state index in [0.29, 0.717) is 24.3 Å². The minimum Gasteiger partial charge on any atom is -0.545 e. The van der Waals surface area contributed by atoms with Crippen LogP contribution in [0.25, 0.3) is 0 Å². The van der Waals surface area contributed by atoms with Crippen LogP contribution in [0.3, 0.4) is 0 Å². The van der Waals surface area contributed by atoms with Gasteiger partial charge < -0.3 is 39.6 Å². The molecule has 0 atom stereocenters. The number of carboxylic acid groups (broad SMARTS) is 4. The van der Waals surface area contributed by atoms with E-state index in [9.17, 15) is 39.6 Å². The molecule has 0 fully saturated rings. The SMILES string of the molecule is O=C([O-])/C=C\C(=O)[O-].O=C([O-])/C=C\C(=O)[O-].[Ti+4]. The summed E-state index contributed by atoms with van der Waals surface area (Å²) in [5.41, 5.74) is 0. The molecule has 17 heavy (non-hydrogen) atoms. The Morgan fingerprint density at radius 1 is 0.529 bits per heavy atom. The van der Waals surface area contributed by atoms with Crippen LogP contribution in [0.5, 0.6) is 0 Å². The maximum absolute atomic E-state index is 9.41. The number of carbonyl (C=O) groups is 4. The fraction of sp³-hybridized carbons (Fsp3) is 0. The van der Waals surface area contributed by atoms with Gasteiger partial charge in [-0.25, -0.2) is 0 Å². The fourth-order valence-electron chi connectivity index (χ4n) is 0.272. The third-order valence-electron chi connectivity index (χ3n) is 0.711. The molecule has 9 heteroatoms. The van der Waals surface area contributed by atoms with Crippen molar-refractivity contribution >= 4 is 23.9 Å². The summed E-state index contributed by atoms with van der Waals surface area (Å²) in [6, 6.07) is 0. The molecule has 0 aliphatic heterocycles. The molecule has 0 aliphatic rings. The first kappa shape index (κ1) is 20.5. The van der Waals surface area contributed by atoms with Crippen molar-refractivity contribution in [1.29, 1.82) is 0 Å². The van der Waals surface area contributed by atoms with Gasteiger partial charge in [0.15, 0.2) is 0 Å². The normalized spacial score (nSPS) is 8.94. The zero-order valence-electron chi connectivity index (χ0n) is 8.08. The van der Waals surface area contributed by atoms with Gasteiger partial charge in [-0.1, -0.05) is 0 Å². The zero-order valence-corrected chi connectivity index (χ0v) is 9.64. The second-order valence-electron chi connectivity index (χ2n) is 1.94. The molecule has 0 aromatic heterocycles. The molecule has 0 bridgehead atoms. The quantitative estimate of drug-likeness (QED) is 0.362. The number of aliphatic carboxylic acids is 4. The van der Waals surface area contributed by atoms with Crippen molar-refractivity contribution in [2.75, 3.05) is 0 Å². The summed E-state index contributed by atoms with van der Waals surface area (Å²) >= 11 is 0. The molecule has 0 radical (unpaired) electrons. The van der Waals surface area contributed by atoms with Crippen LogP contribution in [0.1, 0.15) is 0 Å². The van der Waals surface area contributed by atoms with Gasteiger partial charge in [-0.2, -0.15) is 0 Å². The zero-order chi connectivity index (χ0) is 13.1. The van der Waals surface area contributed by atoms with Crippen LogP contribution < -0.4 is 20.4 Å². The fourth-order valence-corrected chi connectivity index (χ4v) is 0.272. The summed E-state index contributed by atoms with van der Waals surface area (Å²) in [5, 5.41) is 37.7. The van der Waals surface area contributed by atoms with Crippen molar-refractivity contribution in [3.05, 3.63) is 24.3 Å². The molecule has 0 heterocycles. The van der Waals surface area contributed by atoms with Gasteiger partial charge in [-0.15, -0.1) is 0 Å². The summed E-state index contributed by atoms with van der Waals surface area (Å²) in [5.74, 6) is -6.19. The summed E-state index contributed by atoms with van der Waals surface area (Å²) in [7, 11) is 0. The monoisotopic (exact) mass is 276 g/mol. The molecule has 0 saturated carbocycles. The maximum atomic E-state index is 9.41. The Morgan fingerprint density at radius 3 is 0.706 bits per heavy atom. The molecule has 0 aromatic rings. The molecule has 0 saturated heterocycles. The summed E-state index contributed by atoms with van der Waals surface area (Å²) < 4.78 is 0. The summed E-state index contributed by atoms with van der Waals surface area (Å²) in [6.45, 7) is 0. The van der Waals surface area contributed by atoms with Crippen LogP contribution >= 0.6 is 0 Å². The largest absolute Gasteiger partial charge is 4.00 e. The third kappa shape index (κ3) is 31.5. The van der Waals surface area contributed by atoms with Gasteiger partial charge >= 0.3 is 21.7 Å². The molecule has 0 rings (SSSR count). The molecule has 0 N–H and O–H groups in total. The van der Waals surface area contributed by atoms with Gasteiger partial charge in [-0.05, 0) is 24.3 Å². The van der Waals surface area contributed by atoms with E-state index in [1.54, 1.807) is 0 Å². The van der Waals surface area contributed by atoms with Crippen LogP contribution in [0, 0.1) is 0 Å². The number of carbonyl (C=O) groups excluding carboxylic acids is 4. The van der Waals surface area contributed by atoms with Gasteiger partial charge in [0.05, 0.1) is 23.9 Å². The minimum absolute atomic E-state index is 0. The Hall–Kier alpha value is -1.93. The summed E-state index contributed by atoms with van der Waals surface area (Å²) in [4.78, 5) is 37.7. The Kier molecular flexibility index (Phi) is 14.6. The Balaban J connectivity index is -0.000000218. The molecule has 0 aliphatic carbocycles. The maximum Gasteiger partial charge on any atom is 4.00 e. The van der Waals surface area contributed by atoms with Crippen LogP contribution in [-0.4, -0.2) is 23.9 Å². The number of carboxylic acids is 4. The third-order valence-corrected chi connectivity index (χ3v) is 0.711. The van der Waals surface area contributed by atoms with Gasteiger partial charge in [0.2, 0.25) is 0 Å². The van der Waals surface area contributed by atoms with Crippen LogP contribution in [0.4, 0.5) is 0 Å². The van der Waals surface area contributed by atoms with E-state index in [4.69, 9.17) is 0 Å². The van der Waals surface area contributed by atoms with Gasteiger partial charge in [0, 0.05) is 0 Å². The Labute approximate surface area is 110 Å². The predicted octanol–water partition coefficient (Wildman–Crippen LogP) is -5.92. The van der Waals surface area contributed by atoms with E-state index in [-0.39, 0.29) is 21.7 Å². The van der Waals surface area contributed by atoms with E-state index in [0.717, 1.165) is 0 Å². The van der Waals surface area contributed by atoms with Crippen molar-refractivity contribution in [3.63, 3.8) is 0 Å². The Bertz CT molecular complexity index is 277. The van der Waals surface area contributed by atoms with Crippen molar-refractivity contribution in [2.24, 2.45) is 0 Å². The molecule has 88 valence electrons. The van der Waals surface area contributed by atoms with Crippen molar-refractivity contribution in [1.82, 2.24) is 0 Å². The van der Waals surface area contributed by atoms with E-state index in [1.165, 1.54) is 0 Å². The minimum atomic E-state index is -1.55. The smallest absolute Gasteiger partial charge is 0.545 e. The molecule has 0 aromatic carbocycles. The standard InChI is InChI=1S/2C4H4O4.Ti/c2*5-3(6)1-2-4(7)8;/h2*1-2H,(H,5,6)(H,7,8);/q;;+4/p-4/b2*2-1-;. The van der Waals surface area contributed by atoms with Crippen molar-refractivity contribution in [3.8, 4) is 0 Å². The average molecular weight is 276 g/mol. The van der Waals surface area contributed by atoms with Crippen molar-refractivity contribution < 1.29 is 61.3 Å². The number of hydrogen-bond donors (Lipinski definition) is 0. The molecule has 0 spiro atoms. The molecule has 0 unspecified atom stereocenters. The predicted molar refractivity (Wildman–Crippen MR) is 38.3 cm³/mol. The number of rotatable bonds is 4. The Morgan fingerprint density at radius 2 is 0.647 bits per heavy atom. The molecule has 0 amide bonds. The van der Waals surface area contributed by atoms with Gasteiger partial charge in [0.1, 0.15) is 0 Å². The van der Waals surface area contributed by atoms with Crippen LogP contribution in [-0.2, 0) is 40.9 Å². The van der Waals surface area contributed by atoms with Crippen LogP contribution in [0.2, 0.25) is 0 Å². The first-order valence-corrected chi connectivity index (χ1v) is 3.45. The topological polar surface area (TPSA) is 161 Å². The molecular weight excluding hydrogens is 272 g/mol. The van der Waals surface area contributed by atoms with E-state index in [2.05, 4.69) is 0 Å². The number of hydrogen-bond acceptors (Lipinski definition) is 8. The van der Waals surface area contributed by atoms with Crippen LogP contribution in [0.15, 0.2) is 24.3 Å². The van der Waals surface area contributed by atoms with Crippen molar-refractivity contribution in [2.45, 2.75) is 0 Å². The second kappa shape index (κ2) is 12.1. The molecule has 8 nitrogen and oxygen atoms in total. The molecular formula is C8H4O8Ti. The average Bonchev–Trinajstić information content (AvgIpc) is 2.12. The van der Waals surface area contributed by atoms with E-state index >= 15 is 0 Å². The van der Waals surface area contributed by atoms with Gasteiger partial charge in [-0.3, -0.25) is 0 Å². The first-order chi connectivity index (χ1) is 7.25.